The van der Waals surface area contributed by atoms with Crippen LogP contribution in [-0.2, 0) is 9.63 Å². The Kier molecular flexibility index (Phi) is 2.56. The molecule has 1 fully saturated rings. The third-order valence-corrected chi connectivity index (χ3v) is 2.33. The van der Waals surface area contributed by atoms with E-state index < -0.39 is 12.1 Å². The van der Waals surface area contributed by atoms with Gasteiger partial charge in [0.1, 0.15) is 0 Å². The van der Waals surface area contributed by atoms with E-state index in [2.05, 4.69) is 10.2 Å². The van der Waals surface area contributed by atoms with Gasteiger partial charge in [0.2, 0.25) is 0 Å². The fourth-order valence-corrected chi connectivity index (χ4v) is 1.60. The number of hydrogen-bond acceptors (Lipinski definition) is 5. The van der Waals surface area contributed by atoms with E-state index in [-0.39, 0.29) is 6.54 Å². The summed E-state index contributed by atoms with van der Waals surface area (Å²) < 4.78 is 35.9. The van der Waals surface area contributed by atoms with Gasteiger partial charge in [0, 0.05) is 25.8 Å². The molecule has 0 atom stereocenters. The van der Waals surface area contributed by atoms with E-state index >= 15 is 0 Å². The van der Waals surface area contributed by atoms with Crippen LogP contribution in [0.15, 0.2) is 12.0 Å². The highest BCUT2D eigenvalue weighted by molar-refractivity contribution is 5.75. The molecule has 16 heavy (non-hydrogen) atoms. The Morgan fingerprint density at radius 2 is 2.12 bits per heavy atom. The first-order valence-electron chi connectivity index (χ1n) is 4.73. The molecule has 90 valence electrons. The van der Waals surface area contributed by atoms with Crippen molar-refractivity contribution in [2.75, 3.05) is 26.2 Å². The number of fused-ring (bicyclic) bond motifs is 1. The second kappa shape index (κ2) is 3.76. The predicted octanol–water partition coefficient (Wildman–Crippen LogP) is 0.0266. The normalized spacial score (nSPS) is 20.1. The van der Waals surface area contributed by atoms with Gasteiger partial charge in [-0.1, -0.05) is 0 Å². The van der Waals surface area contributed by atoms with Crippen LogP contribution in [0, 0.1) is 0 Å². The fraction of sp³-hybridized carbons (Fsp3) is 0.625. The number of carbonyl (C=O) groups is 1. The van der Waals surface area contributed by atoms with E-state index in [0.717, 1.165) is 11.6 Å². The van der Waals surface area contributed by atoms with Gasteiger partial charge in [-0.15, -0.1) is 0 Å². The van der Waals surface area contributed by atoms with Crippen molar-refractivity contribution in [2.45, 2.75) is 6.18 Å². The molecule has 0 spiro atoms. The summed E-state index contributed by atoms with van der Waals surface area (Å²) in [5, 5.41) is 3.84. The molecule has 0 radical (unpaired) electrons. The van der Waals surface area contributed by atoms with Crippen LogP contribution in [0.4, 0.5) is 13.2 Å². The minimum absolute atomic E-state index is 0.245. The van der Waals surface area contributed by atoms with Crippen molar-refractivity contribution in [1.82, 2.24) is 15.3 Å². The minimum Gasteiger partial charge on any atom is -0.386 e. The largest absolute Gasteiger partial charge is 0.493 e. The summed E-state index contributed by atoms with van der Waals surface area (Å²) >= 11 is 0. The number of carbonyl (C=O) groups excluding carboxylic acids is 1. The number of nitrogens with one attached hydrogen (secondary N) is 1. The lowest BCUT2D eigenvalue weighted by Crippen LogP contribution is -2.37. The van der Waals surface area contributed by atoms with E-state index in [1.165, 1.54) is 0 Å². The molecule has 0 bridgehead atoms. The van der Waals surface area contributed by atoms with Crippen molar-refractivity contribution >= 4 is 5.97 Å². The molecule has 5 nitrogen and oxygen atoms in total. The summed E-state index contributed by atoms with van der Waals surface area (Å²) in [4.78, 5) is 16.8. The van der Waals surface area contributed by atoms with E-state index in [1.54, 1.807) is 6.20 Å². The van der Waals surface area contributed by atoms with Crippen LogP contribution in [0.2, 0.25) is 0 Å². The van der Waals surface area contributed by atoms with Gasteiger partial charge in [-0.05, 0) is 0 Å². The number of alkyl halides is 3. The van der Waals surface area contributed by atoms with Crippen LogP contribution in [0.1, 0.15) is 0 Å². The summed E-state index contributed by atoms with van der Waals surface area (Å²) in [5.41, 5.74) is 0. The Hall–Kier alpha value is -1.60. The van der Waals surface area contributed by atoms with Crippen LogP contribution < -0.4 is 5.32 Å². The summed E-state index contributed by atoms with van der Waals surface area (Å²) in [6.45, 7) is 2.21. The average molecular weight is 237 g/mol. The molecule has 0 amide bonds. The van der Waals surface area contributed by atoms with Crippen molar-refractivity contribution in [3.05, 3.63) is 12.0 Å². The van der Waals surface area contributed by atoms with Crippen molar-refractivity contribution in [2.24, 2.45) is 0 Å². The van der Waals surface area contributed by atoms with Gasteiger partial charge in [0.25, 0.3) is 0 Å². The highest BCUT2D eigenvalue weighted by Crippen LogP contribution is 2.23. The summed E-state index contributed by atoms with van der Waals surface area (Å²) in [7, 11) is 0. The highest BCUT2D eigenvalue weighted by Gasteiger charge is 2.44. The van der Waals surface area contributed by atoms with E-state index in [4.69, 9.17) is 0 Å². The van der Waals surface area contributed by atoms with Gasteiger partial charge in [-0.3, -0.25) is 0 Å². The minimum atomic E-state index is -4.96. The average Bonchev–Trinajstić information content (AvgIpc) is 2.61. The number of rotatable bonds is 1. The maximum Gasteiger partial charge on any atom is 0.493 e. The number of hydroxylamine groups is 2. The standard InChI is InChI=1S/C8H10F3N3O2/c9-8(10,11)7(15)16-14-4-3-13-2-1-12-5-6(13)14/h5,12H,1-4H2. The molecule has 0 saturated carbocycles. The Morgan fingerprint density at radius 1 is 1.38 bits per heavy atom. The molecule has 1 saturated heterocycles. The molecule has 1 N–H and O–H groups in total. The van der Waals surface area contributed by atoms with Crippen LogP contribution in [0.5, 0.6) is 0 Å². The lowest BCUT2D eigenvalue weighted by Gasteiger charge is -2.27. The van der Waals surface area contributed by atoms with E-state index in [0.29, 0.717) is 18.9 Å². The molecule has 0 aromatic rings. The summed E-state index contributed by atoms with van der Waals surface area (Å²) in [6.07, 6.45) is -3.42. The molecular weight excluding hydrogens is 227 g/mol. The van der Waals surface area contributed by atoms with Gasteiger partial charge in [-0.2, -0.15) is 18.2 Å². The first-order chi connectivity index (χ1) is 7.48. The maximum absolute atomic E-state index is 12.0. The first kappa shape index (κ1) is 10.9. The Balaban J connectivity index is 2.01. The number of hydrogen-bond donors (Lipinski definition) is 1. The zero-order valence-electron chi connectivity index (χ0n) is 8.25. The molecule has 2 aliphatic rings. The van der Waals surface area contributed by atoms with Gasteiger partial charge in [0.05, 0.1) is 6.54 Å². The topological polar surface area (TPSA) is 44.8 Å². The molecule has 0 aliphatic carbocycles. The fourth-order valence-electron chi connectivity index (χ4n) is 1.60. The zero-order chi connectivity index (χ0) is 11.8. The third kappa shape index (κ3) is 2.00. The smallest absolute Gasteiger partial charge is 0.386 e. The Labute approximate surface area is 89.4 Å². The maximum atomic E-state index is 12.0. The lowest BCUT2D eigenvalue weighted by atomic mass is 10.4. The molecule has 2 rings (SSSR count). The van der Waals surface area contributed by atoms with E-state index in [9.17, 15) is 18.0 Å². The monoisotopic (exact) mass is 237 g/mol. The molecule has 0 aromatic heterocycles. The van der Waals surface area contributed by atoms with Gasteiger partial charge in [0.15, 0.2) is 5.82 Å². The number of nitrogens with zero attached hydrogens (tertiary/aromatic N) is 2. The highest BCUT2D eigenvalue weighted by atomic mass is 19.4. The Morgan fingerprint density at radius 3 is 2.81 bits per heavy atom. The van der Waals surface area contributed by atoms with Crippen LogP contribution in [-0.4, -0.2) is 48.3 Å². The number of halogens is 3. The molecule has 0 aromatic carbocycles. The first-order valence-corrected chi connectivity index (χ1v) is 4.73. The van der Waals surface area contributed by atoms with Crippen molar-refractivity contribution in [3.8, 4) is 0 Å². The predicted molar refractivity (Wildman–Crippen MR) is 46.5 cm³/mol. The third-order valence-electron chi connectivity index (χ3n) is 2.33. The molecule has 2 aliphatic heterocycles. The van der Waals surface area contributed by atoms with Crippen molar-refractivity contribution in [1.29, 1.82) is 0 Å². The Bertz CT molecular complexity index is 329. The quantitative estimate of drug-likeness (QED) is 0.697. The van der Waals surface area contributed by atoms with Gasteiger partial charge < -0.3 is 15.1 Å². The molecular formula is C8H10F3N3O2. The van der Waals surface area contributed by atoms with Crippen molar-refractivity contribution < 1.29 is 22.8 Å². The summed E-state index contributed by atoms with van der Waals surface area (Å²) in [6, 6.07) is 0. The van der Waals surface area contributed by atoms with Crippen LogP contribution in [0.25, 0.3) is 0 Å². The molecule has 8 heteroatoms. The molecule has 0 unspecified atom stereocenters. The zero-order valence-corrected chi connectivity index (χ0v) is 8.25. The van der Waals surface area contributed by atoms with Crippen LogP contribution in [0.3, 0.4) is 0 Å². The van der Waals surface area contributed by atoms with Gasteiger partial charge in [-0.25, -0.2) is 4.79 Å². The van der Waals surface area contributed by atoms with E-state index in [1.807, 2.05) is 4.90 Å². The summed E-state index contributed by atoms with van der Waals surface area (Å²) in [5.74, 6) is -1.73. The second-order valence-corrected chi connectivity index (χ2v) is 3.42. The van der Waals surface area contributed by atoms with Gasteiger partial charge >= 0.3 is 12.1 Å². The van der Waals surface area contributed by atoms with Crippen molar-refractivity contribution in [3.63, 3.8) is 0 Å². The van der Waals surface area contributed by atoms with Crippen LogP contribution >= 0.6 is 0 Å². The SMILES string of the molecule is O=C(ON1CCN2CCNC=C21)C(F)(F)F. The lowest BCUT2D eigenvalue weighted by molar-refractivity contribution is -0.230. The molecule has 2 heterocycles. The second-order valence-electron chi connectivity index (χ2n) is 3.42.